The van der Waals surface area contributed by atoms with Gasteiger partial charge >= 0.3 is 5.97 Å². The SMILES string of the molecule is C[C@@H](NC(=O)Cn1cnnn1)[C@H]1C(=O)N2C(C(=O)O)=C(S[C@@H]3CN[C@H](C(=O)N4C[C@H](N)C[C@H]4CO)C3)[C@H](C)[C@H]12. The first kappa shape index (κ1) is 27.5. The number of thioether (sulfide) groups is 1. The predicted octanol–water partition coefficient (Wildman–Crippen LogP) is -2.67. The number of β-lactam (4-membered cyclic amide) rings is 1. The predicted molar refractivity (Wildman–Crippen MR) is 136 cm³/mol. The molecule has 3 amide bonds. The fraction of sp³-hybridized carbons (Fsp3) is 0.696. The Balaban J connectivity index is 1.23. The number of nitrogens with two attached hydrogens (primary N) is 1. The van der Waals surface area contributed by atoms with Crippen molar-refractivity contribution in [1.82, 2.24) is 40.6 Å². The summed E-state index contributed by atoms with van der Waals surface area (Å²) in [5, 5.41) is 36.3. The number of amides is 3. The Kier molecular flexibility index (Phi) is 7.63. The summed E-state index contributed by atoms with van der Waals surface area (Å²) in [5.41, 5.74) is 5.98. The molecule has 1 aromatic rings. The van der Waals surface area contributed by atoms with Gasteiger partial charge in [0.25, 0.3) is 0 Å². The number of aliphatic carboxylic acids is 1. The van der Waals surface area contributed by atoms with Crippen LogP contribution in [0, 0.1) is 11.8 Å². The lowest BCUT2D eigenvalue weighted by Crippen LogP contribution is -2.66. The number of carboxylic acid groups (broad SMARTS) is 1. The second kappa shape index (κ2) is 10.8. The molecule has 39 heavy (non-hydrogen) atoms. The average molecular weight is 564 g/mol. The Morgan fingerprint density at radius 1 is 1.33 bits per heavy atom. The van der Waals surface area contributed by atoms with Crippen molar-refractivity contribution in [2.75, 3.05) is 19.7 Å². The molecule has 5 rings (SSSR count). The van der Waals surface area contributed by atoms with Gasteiger partial charge in [-0.25, -0.2) is 9.48 Å². The van der Waals surface area contributed by atoms with Crippen LogP contribution < -0.4 is 16.4 Å². The van der Waals surface area contributed by atoms with Crippen molar-refractivity contribution < 1.29 is 29.4 Å². The van der Waals surface area contributed by atoms with E-state index in [9.17, 15) is 29.4 Å². The van der Waals surface area contributed by atoms with Gasteiger partial charge in [0.2, 0.25) is 17.7 Å². The zero-order valence-corrected chi connectivity index (χ0v) is 22.5. The number of carboxylic acids is 1. The Hall–Kier alpha value is -3.08. The van der Waals surface area contributed by atoms with Gasteiger partial charge in [0, 0.05) is 41.2 Å². The molecule has 0 aliphatic carbocycles. The second-order valence-electron chi connectivity index (χ2n) is 10.7. The first-order chi connectivity index (χ1) is 18.6. The molecular formula is C23H33N9O6S. The summed E-state index contributed by atoms with van der Waals surface area (Å²) >= 11 is 1.39. The lowest BCUT2D eigenvalue weighted by atomic mass is 9.78. The van der Waals surface area contributed by atoms with E-state index in [0.29, 0.717) is 30.8 Å². The minimum atomic E-state index is -1.18. The third-order valence-electron chi connectivity index (χ3n) is 8.04. The van der Waals surface area contributed by atoms with Crippen LogP contribution in [-0.4, -0.2) is 119 Å². The molecule has 3 fully saturated rings. The maximum Gasteiger partial charge on any atom is 0.353 e. The Labute approximate surface area is 228 Å². The van der Waals surface area contributed by atoms with Gasteiger partial charge in [-0.15, -0.1) is 16.9 Å². The summed E-state index contributed by atoms with van der Waals surface area (Å²) in [6, 6.07) is -1.82. The number of rotatable bonds is 9. The maximum atomic E-state index is 13.1. The van der Waals surface area contributed by atoms with Gasteiger partial charge in [-0.05, 0) is 30.2 Å². The van der Waals surface area contributed by atoms with Crippen molar-refractivity contribution in [3.05, 3.63) is 16.9 Å². The lowest BCUT2D eigenvalue weighted by molar-refractivity contribution is -0.158. The average Bonchev–Trinajstić information content (AvgIpc) is 3.67. The number of nitrogens with zero attached hydrogens (tertiary/aromatic N) is 6. The van der Waals surface area contributed by atoms with E-state index in [1.54, 1.807) is 11.8 Å². The van der Waals surface area contributed by atoms with Crippen molar-refractivity contribution in [3.63, 3.8) is 0 Å². The van der Waals surface area contributed by atoms with Crippen molar-refractivity contribution in [1.29, 1.82) is 0 Å². The van der Waals surface area contributed by atoms with Crippen molar-refractivity contribution in [2.24, 2.45) is 17.6 Å². The molecule has 15 nitrogen and oxygen atoms in total. The molecule has 0 unspecified atom stereocenters. The Morgan fingerprint density at radius 2 is 2.10 bits per heavy atom. The number of aliphatic hydroxyl groups excluding tert-OH is 1. The number of hydrogen-bond acceptors (Lipinski definition) is 11. The normalized spacial score (nSPS) is 32.8. The highest BCUT2D eigenvalue weighted by Crippen LogP contribution is 2.51. The van der Waals surface area contributed by atoms with E-state index < -0.39 is 30.0 Å². The highest BCUT2D eigenvalue weighted by molar-refractivity contribution is 8.03. The van der Waals surface area contributed by atoms with E-state index in [-0.39, 0.29) is 59.8 Å². The van der Waals surface area contributed by atoms with Crippen LogP contribution in [-0.2, 0) is 25.7 Å². The monoisotopic (exact) mass is 563 g/mol. The van der Waals surface area contributed by atoms with Crippen LogP contribution in [0.5, 0.6) is 0 Å². The molecule has 1 aromatic heterocycles. The summed E-state index contributed by atoms with van der Waals surface area (Å²) in [6.07, 6.45) is 2.36. The van der Waals surface area contributed by atoms with Crippen LogP contribution in [0.25, 0.3) is 0 Å². The van der Waals surface area contributed by atoms with Gasteiger partial charge in [-0.1, -0.05) is 6.92 Å². The first-order valence-corrected chi connectivity index (χ1v) is 13.9. The molecule has 4 aliphatic heterocycles. The smallest absolute Gasteiger partial charge is 0.353 e. The second-order valence-corrected chi connectivity index (χ2v) is 12.0. The molecule has 8 atom stereocenters. The molecule has 4 aliphatic rings. The summed E-state index contributed by atoms with van der Waals surface area (Å²) in [4.78, 5) is 54.6. The third kappa shape index (κ3) is 5.01. The number of fused-ring (bicyclic) bond motifs is 1. The van der Waals surface area contributed by atoms with E-state index in [1.165, 1.54) is 27.7 Å². The van der Waals surface area contributed by atoms with Crippen molar-refractivity contribution >= 4 is 35.5 Å². The van der Waals surface area contributed by atoms with Crippen LogP contribution in [0.3, 0.4) is 0 Å². The molecule has 0 aromatic carbocycles. The van der Waals surface area contributed by atoms with Gasteiger partial charge in [-0.3, -0.25) is 14.4 Å². The molecule has 0 saturated carbocycles. The molecule has 3 saturated heterocycles. The van der Waals surface area contributed by atoms with E-state index in [0.717, 1.165) is 0 Å². The highest BCUT2D eigenvalue weighted by Gasteiger charge is 2.60. The molecule has 5 heterocycles. The van der Waals surface area contributed by atoms with Crippen LogP contribution in [0.15, 0.2) is 16.9 Å². The maximum absolute atomic E-state index is 13.1. The number of hydrogen-bond donors (Lipinski definition) is 5. The van der Waals surface area contributed by atoms with Gasteiger partial charge in [-0.2, -0.15) is 0 Å². The van der Waals surface area contributed by atoms with Gasteiger partial charge in [0.05, 0.1) is 30.7 Å². The number of aromatic nitrogens is 4. The number of carbonyl (C=O) groups is 4. The number of aliphatic hydroxyl groups is 1. The van der Waals surface area contributed by atoms with E-state index in [1.807, 2.05) is 6.92 Å². The standard InChI is InChI=1S/C23H33N9O6S/c1-10-18-17(11(2)27-16(34)7-30-9-26-28-29-30)22(36)32(18)19(23(37)38)20(10)39-14-4-15(25-5-14)21(35)31-6-12(24)3-13(31)8-33/h9-15,17-18,25,33H,3-8,24H2,1-2H3,(H,27,34)(H,37,38)/t10-,11-,12-,13+,14+,15+,17-,18-/m1/s1. The van der Waals surface area contributed by atoms with Crippen molar-refractivity contribution in [2.45, 2.75) is 68.7 Å². The molecule has 16 heteroatoms. The largest absolute Gasteiger partial charge is 0.477 e. The van der Waals surface area contributed by atoms with Gasteiger partial charge in [0.1, 0.15) is 18.6 Å². The summed E-state index contributed by atoms with van der Waals surface area (Å²) < 4.78 is 1.27. The van der Waals surface area contributed by atoms with E-state index >= 15 is 0 Å². The van der Waals surface area contributed by atoms with Crippen LogP contribution >= 0.6 is 11.8 Å². The summed E-state index contributed by atoms with van der Waals surface area (Å²) in [6.45, 7) is 4.29. The molecule has 212 valence electrons. The van der Waals surface area contributed by atoms with E-state index in [2.05, 4.69) is 26.2 Å². The zero-order chi connectivity index (χ0) is 28.0. The molecule has 0 bridgehead atoms. The Morgan fingerprint density at radius 3 is 2.77 bits per heavy atom. The lowest BCUT2D eigenvalue weighted by Gasteiger charge is -2.47. The molecule has 6 N–H and O–H groups in total. The number of nitrogens with one attached hydrogen (secondary N) is 2. The quantitative estimate of drug-likeness (QED) is 0.195. The van der Waals surface area contributed by atoms with Crippen molar-refractivity contribution in [3.8, 4) is 0 Å². The third-order valence-corrected chi connectivity index (χ3v) is 9.55. The van der Waals surface area contributed by atoms with Crippen LogP contribution in [0.4, 0.5) is 0 Å². The highest BCUT2D eigenvalue weighted by atomic mass is 32.2. The molecule has 0 spiro atoms. The van der Waals surface area contributed by atoms with Crippen LogP contribution in [0.2, 0.25) is 0 Å². The first-order valence-electron chi connectivity index (χ1n) is 13.0. The summed E-state index contributed by atoms with van der Waals surface area (Å²) in [7, 11) is 0. The van der Waals surface area contributed by atoms with Gasteiger partial charge < -0.3 is 36.4 Å². The minimum absolute atomic E-state index is 0.0217. The zero-order valence-electron chi connectivity index (χ0n) is 21.6. The van der Waals surface area contributed by atoms with E-state index in [4.69, 9.17) is 5.73 Å². The fourth-order valence-corrected chi connectivity index (χ4v) is 7.72. The Bertz CT molecular complexity index is 1180. The summed E-state index contributed by atoms with van der Waals surface area (Å²) in [5.74, 6) is -2.81. The molecular weight excluding hydrogens is 530 g/mol. The van der Waals surface area contributed by atoms with Gasteiger partial charge in [0.15, 0.2) is 0 Å². The number of tetrazole rings is 1. The molecule has 0 radical (unpaired) electrons. The number of likely N-dealkylation sites (tertiary alicyclic amines) is 1. The minimum Gasteiger partial charge on any atom is -0.477 e. The van der Waals surface area contributed by atoms with Crippen LogP contribution in [0.1, 0.15) is 26.7 Å². The topological polar surface area (TPSA) is 209 Å². The number of carbonyl (C=O) groups excluding carboxylic acids is 3. The fourth-order valence-electron chi connectivity index (χ4n) is 6.24.